The van der Waals surface area contributed by atoms with E-state index in [1.165, 1.54) is 18.4 Å². The molecule has 2 aromatic heterocycles. The van der Waals surface area contributed by atoms with E-state index in [-0.39, 0.29) is 0 Å². The van der Waals surface area contributed by atoms with Crippen molar-refractivity contribution in [1.29, 1.82) is 0 Å². The van der Waals surface area contributed by atoms with Gasteiger partial charge in [-0.3, -0.25) is 0 Å². The number of aromatic amines is 1. The number of aryl methyl sites for hydroxylation is 1. The lowest BCUT2D eigenvalue weighted by atomic mass is 10.1. The molecule has 1 N–H and O–H groups in total. The van der Waals surface area contributed by atoms with Crippen molar-refractivity contribution in [2.45, 2.75) is 43.0 Å². The van der Waals surface area contributed by atoms with E-state index in [9.17, 15) is 0 Å². The van der Waals surface area contributed by atoms with Crippen LogP contribution in [0.4, 0.5) is 0 Å². The fourth-order valence-corrected chi connectivity index (χ4v) is 3.22. The molecule has 1 aliphatic rings. The van der Waals surface area contributed by atoms with Crippen LogP contribution in [0.5, 0.6) is 0 Å². The van der Waals surface area contributed by atoms with Crippen LogP contribution >= 0.6 is 11.8 Å². The second kappa shape index (κ2) is 6.20. The van der Waals surface area contributed by atoms with Crippen molar-refractivity contribution in [1.82, 2.24) is 20.2 Å². The Morgan fingerprint density at radius 1 is 1.22 bits per heavy atom. The van der Waals surface area contributed by atoms with Gasteiger partial charge in [-0.1, -0.05) is 42.1 Å². The minimum atomic E-state index is 0.504. The number of nitrogens with one attached hydrogen (secondary N) is 1. The molecule has 0 atom stereocenters. The summed E-state index contributed by atoms with van der Waals surface area (Å²) in [5.41, 5.74) is 3.47. The molecule has 3 aromatic rings. The molecule has 0 radical (unpaired) electrons. The number of nitrogens with zero attached hydrogens (tertiary/aromatic N) is 3. The average molecular weight is 326 g/mol. The zero-order chi connectivity index (χ0) is 15.6. The number of hydrogen-bond acceptors (Lipinski definition) is 5. The average Bonchev–Trinajstić information content (AvgIpc) is 3.21. The van der Waals surface area contributed by atoms with E-state index in [4.69, 9.17) is 9.40 Å². The Hall–Kier alpha value is -2.08. The van der Waals surface area contributed by atoms with E-state index in [1.54, 1.807) is 11.8 Å². The summed E-state index contributed by atoms with van der Waals surface area (Å²) in [6.07, 6.45) is 3.19. The SMILES string of the molecule is Cc1[nH]c(SCc2nnc(C3CC3)o2)nc1Cc1ccccc1. The fourth-order valence-electron chi connectivity index (χ4n) is 2.45. The number of benzene rings is 1. The molecule has 6 heteroatoms. The number of aromatic nitrogens is 4. The van der Waals surface area contributed by atoms with Gasteiger partial charge < -0.3 is 9.40 Å². The predicted octanol–water partition coefficient (Wildman–Crippen LogP) is 3.86. The number of H-pyrrole nitrogens is 1. The van der Waals surface area contributed by atoms with Gasteiger partial charge in [-0.25, -0.2) is 4.98 Å². The van der Waals surface area contributed by atoms with E-state index >= 15 is 0 Å². The molecular weight excluding hydrogens is 308 g/mol. The van der Waals surface area contributed by atoms with Gasteiger partial charge in [0, 0.05) is 18.0 Å². The van der Waals surface area contributed by atoms with E-state index in [0.29, 0.717) is 17.6 Å². The van der Waals surface area contributed by atoms with Crippen LogP contribution in [0.15, 0.2) is 39.9 Å². The molecule has 0 saturated heterocycles. The van der Waals surface area contributed by atoms with E-state index in [2.05, 4.69) is 46.4 Å². The summed E-state index contributed by atoms with van der Waals surface area (Å²) >= 11 is 1.60. The van der Waals surface area contributed by atoms with Gasteiger partial charge in [0.05, 0.1) is 11.4 Å². The van der Waals surface area contributed by atoms with Gasteiger partial charge in [0.2, 0.25) is 11.8 Å². The highest BCUT2D eigenvalue weighted by Crippen LogP contribution is 2.39. The Bertz CT molecular complexity index is 792. The van der Waals surface area contributed by atoms with Crippen LogP contribution in [0.25, 0.3) is 0 Å². The monoisotopic (exact) mass is 326 g/mol. The molecule has 118 valence electrons. The minimum Gasteiger partial charge on any atom is -0.424 e. The third-order valence-electron chi connectivity index (χ3n) is 3.92. The lowest BCUT2D eigenvalue weighted by Gasteiger charge is -1.98. The molecule has 0 unspecified atom stereocenters. The van der Waals surface area contributed by atoms with Crippen molar-refractivity contribution in [2.75, 3.05) is 0 Å². The molecule has 0 spiro atoms. The Balaban J connectivity index is 1.40. The third-order valence-corrected chi connectivity index (χ3v) is 4.78. The highest BCUT2D eigenvalue weighted by atomic mass is 32.2. The zero-order valence-electron chi connectivity index (χ0n) is 13.0. The van der Waals surface area contributed by atoms with Gasteiger partial charge in [-0.05, 0) is 25.3 Å². The van der Waals surface area contributed by atoms with E-state index in [1.807, 2.05) is 6.07 Å². The molecule has 0 bridgehead atoms. The van der Waals surface area contributed by atoms with Gasteiger partial charge in [-0.15, -0.1) is 10.2 Å². The van der Waals surface area contributed by atoms with Gasteiger partial charge in [0.25, 0.3) is 0 Å². The van der Waals surface area contributed by atoms with Crippen LogP contribution in [-0.2, 0) is 12.2 Å². The second-order valence-corrected chi connectivity index (χ2v) is 6.84. The lowest BCUT2D eigenvalue weighted by molar-refractivity contribution is 0.466. The van der Waals surface area contributed by atoms with Crippen LogP contribution in [0.3, 0.4) is 0 Å². The highest BCUT2D eigenvalue weighted by molar-refractivity contribution is 7.98. The van der Waals surface area contributed by atoms with Crippen LogP contribution in [0.1, 0.15) is 47.5 Å². The molecule has 0 aliphatic heterocycles. The summed E-state index contributed by atoms with van der Waals surface area (Å²) in [6, 6.07) is 10.4. The normalized spacial score (nSPS) is 14.3. The maximum Gasteiger partial charge on any atom is 0.226 e. The lowest BCUT2D eigenvalue weighted by Crippen LogP contribution is -1.90. The van der Waals surface area contributed by atoms with Crippen molar-refractivity contribution in [3.05, 3.63) is 59.1 Å². The summed E-state index contributed by atoms with van der Waals surface area (Å²) in [7, 11) is 0. The maximum absolute atomic E-state index is 5.68. The molecule has 1 aliphatic carbocycles. The van der Waals surface area contributed by atoms with Crippen molar-refractivity contribution in [3.63, 3.8) is 0 Å². The van der Waals surface area contributed by atoms with Gasteiger partial charge >= 0.3 is 0 Å². The Morgan fingerprint density at radius 3 is 2.83 bits per heavy atom. The van der Waals surface area contributed by atoms with Crippen LogP contribution in [-0.4, -0.2) is 20.2 Å². The third kappa shape index (κ3) is 3.47. The second-order valence-electron chi connectivity index (χ2n) is 5.87. The first kappa shape index (κ1) is 14.5. The van der Waals surface area contributed by atoms with Crippen LogP contribution in [0, 0.1) is 6.92 Å². The molecule has 1 aromatic carbocycles. The molecule has 23 heavy (non-hydrogen) atoms. The Kier molecular flexibility index (Phi) is 3.91. The number of hydrogen-bond donors (Lipinski definition) is 1. The molecule has 1 saturated carbocycles. The zero-order valence-corrected chi connectivity index (χ0v) is 13.8. The first-order chi connectivity index (χ1) is 11.3. The van der Waals surface area contributed by atoms with E-state index < -0.39 is 0 Å². The predicted molar refractivity (Wildman–Crippen MR) is 88.4 cm³/mol. The smallest absolute Gasteiger partial charge is 0.226 e. The Labute approximate surface area is 138 Å². The number of thioether (sulfide) groups is 1. The first-order valence-electron chi connectivity index (χ1n) is 7.82. The quantitative estimate of drug-likeness (QED) is 0.697. The summed E-state index contributed by atoms with van der Waals surface area (Å²) in [4.78, 5) is 8.03. The molecule has 1 fully saturated rings. The fraction of sp³-hybridized carbons (Fsp3) is 0.353. The van der Waals surface area contributed by atoms with Crippen molar-refractivity contribution in [3.8, 4) is 0 Å². The van der Waals surface area contributed by atoms with Crippen LogP contribution in [0.2, 0.25) is 0 Å². The first-order valence-corrected chi connectivity index (χ1v) is 8.81. The molecule has 5 nitrogen and oxygen atoms in total. The minimum absolute atomic E-state index is 0.504. The standard InChI is InChI=1S/C17H18N4OS/c1-11-14(9-12-5-3-2-4-6-12)19-17(18-11)23-10-15-20-21-16(22-15)13-7-8-13/h2-6,13H,7-10H2,1H3,(H,18,19). The Morgan fingerprint density at radius 2 is 2.04 bits per heavy atom. The van der Waals surface area contributed by atoms with Gasteiger partial charge in [0.15, 0.2) is 5.16 Å². The molecule has 4 rings (SSSR count). The summed E-state index contributed by atoms with van der Waals surface area (Å²) in [5.74, 6) is 2.62. The highest BCUT2D eigenvalue weighted by Gasteiger charge is 2.29. The molecule has 2 heterocycles. The summed E-state index contributed by atoms with van der Waals surface area (Å²) in [6.45, 7) is 2.06. The van der Waals surface area contributed by atoms with Crippen molar-refractivity contribution >= 4 is 11.8 Å². The molecule has 0 amide bonds. The molecular formula is C17H18N4OS. The van der Waals surface area contributed by atoms with E-state index in [0.717, 1.165) is 28.9 Å². The van der Waals surface area contributed by atoms with Gasteiger partial charge in [0.1, 0.15) is 0 Å². The summed E-state index contributed by atoms with van der Waals surface area (Å²) < 4.78 is 5.68. The summed E-state index contributed by atoms with van der Waals surface area (Å²) in [5, 5.41) is 9.12. The van der Waals surface area contributed by atoms with Gasteiger partial charge in [-0.2, -0.15) is 0 Å². The topological polar surface area (TPSA) is 67.6 Å². The van der Waals surface area contributed by atoms with Crippen LogP contribution < -0.4 is 0 Å². The van der Waals surface area contributed by atoms with Crippen molar-refractivity contribution < 1.29 is 4.42 Å². The largest absolute Gasteiger partial charge is 0.424 e. The number of imidazole rings is 1. The maximum atomic E-state index is 5.68. The van der Waals surface area contributed by atoms with Crippen molar-refractivity contribution in [2.24, 2.45) is 0 Å². The number of rotatable bonds is 6.